The first-order valence-corrected chi connectivity index (χ1v) is 11.2. The van der Waals surface area contributed by atoms with Crippen LogP contribution >= 0.6 is 0 Å². The first-order valence-electron chi connectivity index (χ1n) is 11.2. The van der Waals surface area contributed by atoms with E-state index in [2.05, 4.69) is 18.7 Å². The monoisotopic (exact) mass is 465 g/mol. The number of benzene rings is 3. The predicted octanol–water partition coefficient (Wildman–Crippen LogP) is 6.29. The molecule has 6 nitrogen and oxygen atoms in total. The van der Waals surface area contributed by atoms with Crippen LogP contribution < -0.4 is 4.74 Å². The van der Waals surface area contributed by atoms with Crippen molar-refractivity contribution < 1.29 is 14.6 Å². The molecule has 0 saturated heterocycles. The summed E-state index contributed by atoms with van der Waals surface area (Å²) < 4.78 is 5.24. The summed E-state index contributed by atoms with van der Waals surface area (Å²) in [6.45, 7) is 13.3. The molecule has 4 rings (SSSR count). The Hall–Kier alpha value is -4.32. The van der Waals surface area contributed by atoms with E-state index in [0.29, 0.717) is 23.0 Å². The molecule has 1 heterocycles. The van der Waals surface area contributed by atoms with Gasteiger partial charge in [0.15, 0.2) is 17.5 Å². The Morgan fingerprint density at radius 3 is 1.63 bits per heavy atom. The number of aromatic nitrogens is 3. The van der Waals surface area contributed by atoms with E-state index in [1.165, 1.54) is 6.07 Å². The summed E-state index contributed by atoms with van der Waals surface area (Å²) in [5, 5.41) is 10.8. The highest BCUT2D eigenvalue weighted by Crippen LogP contribution is 2.34. The van der Waals surface area contributed by atoms with E-state index in [4.69, 9.17) is 19.7 Å². The van der Waals surface area contributed by atoms with Gasteiger partial charge in [-0.1, -0.05) is 54.1 Å². The van der Waals surface area contributed by atoms with Crippen molar-refractivity contribution in [1.29, 1.82) is 0 Å². The number of esters is 1. The smallest absolute Gasteiger partial charge is 0.338 e. The van der Waals surface area contributed by atoms with Crippen LogP contribution in [0.4, 0.5) is 0 Å². The Kier molecular flexibility index (Phi) is 6.47. The quantitative estimate of drug-likeness (QED) is 0.212. The molecule has 3 aromatic carbocycles. The van der Waals surface area contributed by atoms with Crippen LogP contribution in [0.2, 0.25) is 0 Å². The number of aromatic hydroxyl groups is 1. The standard InChI is InChI=1S/C29H27N3O3/c1-16(2)29(34)35-21-9-12-24(25(33)15-21)28-31-26(22-10-7-17(3)13-19(22)5)30-27(32-28)23-11-8-18(4)14-20(23)6/h7-15,33H,1H2,2-6H3. The summed E-state index contributed by atoms with van der Waals surface area (Å²) in [5.41, 5.74) is 6.82. The molecule has 0 fully saturated rings. The Bertz CT molecular complexity index is 1400. The van der Waals surface area contributed by atoms with Crippen molar-refractivity contribution >= 4 is 5.97 Å². The lowest BCUT2D eigenvalue weighted by atomic mass is 10.0. The van der Waals surface area contributed by atoms with Gasteiger partial charge < -0.3 is 9.84 Å². The third kappa shape index (κ3) is 5.11. The second-order valence-electron chi connectivity index (χ2n) is 8.79. The highest BCUT2D eigenvalue weighted by atomic mass is 16.5. The van der Waals surface area contributed by atoms with Crippen LogP contribution in [0.25, 0.3) is 34.2 Å². The lowest BCUT2D eigenvalue weighted by Crippen LogP contribution is -2.08. The largest absolute Gasteiger partial charge is 0.507 e. The molecule has 0 spiro atoms. The lowest BCUT2D eigenvalue weighted by molar-refractivity contribution is -0.130. The fraction of sp³-hybridized carbons (Fsp3) is 0.172. The van der Waals surface area contributed by atoms with Gasteiger partial charge in [-0.05, 0) is 57.9 Å². The molecule has 4 aromatic rings. The molecule has 0 amide bonds. The first kappa shape index (κ1) is 23.8. The van der Waals surface area contributed by atoms with Gasteiger partial charge in [-0.25, -0.2) is 19.7 Å². The first-order chi connectivity index (χ1) is 16.6. The number of nitrogens with zero attached hydrogens (tertiary/aromatic N) is 3. The maximum Gasteiger partial charge on any atom is 0.338 e. The number of hydrogen-bond acceptors (Lipinski definition) is 6. The molecule has 176 valence electrons. The van der Waals surface area contributed by atoms with Crippen LogP contribution in [0.3, 0.4) is 0 Å². The molecular formula is C29H27N3O3. The van der Waals surface area contributed by atoms with Gasteiger partial charge in [-0.3, -0.25) is 0 Å². The number of phenolic OH excluding ortho intramolecular Hbond substituents is 1. The second-order valence-corrected chi connectivity index (χ2v) is 8.79. The summed E-state index contributed by atoms with van der Waals surface area (Å²) in [7, 11) is 0. The lowest BCUT2D eigenvalue weighted by Gasteiger charge is -2.13. The number of phenols is 1. The summed E-state index contributed by atoms with van der Waals surface area (Å²) in [6.07, 6.45) is 0. The molecule has 0 aliphatic heterocycles. The van der Waals surface area contributed by atoms with Gasteiger partial charge >= 0.3 is 5.97 Å². The molecule has 0 aliphatic rings. The van der Waals surface area contributed by atoms with Gasteiger partial charge in [0.25, 0.3) is 0 Å². The normalized spacial score (nSPS) is 10.8. The number of aryl methyl sites for hydroxylation is 4. The van der Waals surface area contributed by atoms with Gasteiger partial charge in [0.05, 0.1) is 5.56 Å². The third-order valence-corrected chi connectivity index (χ3v) is 5.65. The fourth-order valence-corrected chi connectivity index (χ4v) is 3.82. The zero-order chi connectivity index (χ0) is 25.3. The summed E-state index contributed by atoms with van der Waals surface area (Å²) in [4.78, 5) is 26.1. The van der Waals surface area contributed by atoms with E-state index in [0.717, 1.165) is 33.4 Å². The zero-order valence-electron chi connectivity index (χ0n) is 20.5. The van der Waals surface area contributed by atoms with E-state index in [-0.39, 0.29) is 17.1 Å². The van der Waals surface area contributed by atoms with Crippen LogP contribution in [0, 0.1) is 27.7 Å². The number of hydrogen-bond donors (Lipinski definition) is 1. The van der Waals surface area contributed by atoms with Crippen molar-refractivity contribution in [3.05, 3.63) is 89.0 Å². The second kappa shape index (κ2) is 9.50. The minimum atomic E-state index is -0.563. The SMILES string of the molecule is C=C(C)C(=O)Oc1ccc(-c2nc(-c3ccc(C)cc3C)nc(-c3ccc(C)cc3C)n2)c(O)c1. The highest BCUT2D eigenvalue weighted by Gasteiger charge is 2.18. The van der Waals surface area contributed by atoms with E-state index < -0.39 is 5.97 Å². The third-order valence-electron chi connectivity index (χ3n) is 5.65. The van der Waals surface area contributed by atoms with Crippen molar-refractivity contribution in [2.24, 2.45) is 0 Å². The van der Waals surface area contributed by atoms with Gasteiger partial charge in [0, 0.05) is 22.8 Å². The topological polar surface area (TPSA) is 85.2 Å². The summed E-state index contributed by atoms with van der Waals surface area (Å²) >= 11 is 0. The molecular weight excluding hydrogens is 438 g/mol. The molecule has 0 aliphatic carbocycles. The Labute approximate surface area is 205 Å². The van der Waals surface area contributed by atoms with Crippen LogP contribution in [0.15, 0.2) is 66.7 Å². The van der Waals surface area contributed by atoms with E-state index in [9.17, 15) is 9.90 Å². The molecule has 0 atom stereocenters. The summed E-state index contributed by atoms with van der Waals surface area (Å²) in [5.74, 6) is 0.880. The van der Waals surface area contributed by atoms with E-state index in [1.807, 2.05) is 52.0 Å². The van der Waals surface area contributed by atoms with Crippen LogP contribution in [0.5, 0.6) is 11.5 Å². The number of carbonyl (C=O) groups excluding carboxylic acids is 1. The molecule has 0 unspecified atom stereocenters. The fourth-order valence-electron chi connectivity index (χ4n) is 3.82. The minimum Gasteiger partial charge on any atom is -0.507 e. The van der Waals surface area contributed by atoms with Crippen molar-refractivity contribution in [3.63, 3.8) is 0 Å². The van der Waals surface area contributed by atoms with Crippen molar-refractivity contribution in [2.45, 2.75) is 34.6 Å². The maximum atomic E-state index is 11.9. The minimum absolute atomic E-state index is 0.110. The highest BCUT2D eigenvalue weighted by molar-refractivity contribution is 5.89. The Morgan fingerprint density at radius 1 is 0.743 bits per heavy atom. The number of rotatable bonds is 5. The van der Waals surface area contributed by atoms with Crippen molar-refractivity contribution in [2.75, 3.05) is 0 Å². The van der Waals surface area contributed by atoms with Crippen molar-refractivity contribution in [3.8, 4) is 45.7 Å². The average molecular weight is 466 g/mol. The predicted molar refractivity (Wildman–Crippen MR) is 137 cm³/mol. The maximum absolute atomic E-state index is 11.9. The van der Waals surface area contributed by atoms with Crippen LogP contribution in [0.1, 0.15) is 29.2 Å². The van der Waals surface area contributed by atoms with E-state index >= 15 is 0 Å². The molecule has 35 heavy (non-hydrogen) atoms. The Balaban J connectivity index is 1.88. The molecule has 0 bridgehead atoms. The summed E-state index contributed by atoms with van der Waals surface area (Å²) in [6, 6.07) is 16.8. The van der Waals surface area contributed by atoms with Crippen molar-refractivity contribution in [1.82, 2.24) is 15.0 Å². The molecule has 0 radical (unpaired) electrons. The van der Waals surface area contributed by atoms with Gasteiger partial charge in [0.2, 0.25) is 0 Å². The Morgan fingerprint density at radius 2 is 1.20 bits per heavy atom. The van der Waals surface area contributed by atoms with Crippen LogP contribution in [-0.2, 0) is 4.79 Å². The number of ether oxygens (including phenoxy) is 1. The van der Waals surface area contributed by atoms with Gasteiger partial charge in [0.1, 0.15) is 11.5 Å². The molecule has 1 aromatic heterocycles. The van der Waals surface area contributed by atoms with Gasteiger partial charge in [-0.2, -0.15) is 0 Å². The molecule has 1 N–H and O–H groups in total. The molecule has 6 heteroatoms. The van der Waals surface area contributed by atoms with Gasteiger partial charge in [-0.15, -0.1) is 0 Å². The van der Waals surface area contributed by atoms with Crippen LogP contribution in [-0.4, -0.2) is 26.0 Å². The zero-order valence-corrected chi connectivity index (χ0v) is 20.5. The average Bonchev–Trinajstić information content (AvgIpc) is 2.78. The number of carbonyl (C=O) groups is 1. The molecule has 0 saturated carbocycles. The van der Waals surface area contributed by atoms with E-state index in [1.54, 1.807) is 19.1 Å².